The van der Waals surface area contributed by atoms with E-state index in [1.54, 1.807) is 19.9 Å². The molecule has 0 saturated heterocycles. The fourth-order valence-electron chi connectivity index (χ4n) is 1.70. The van der Waals surface area contributed by atoms with E-state index in [1.165, 1.54) is 10.7 Å². The molecule has 2 heterocycles. The van der Waals surface area contributed by atoms with E-state index in [4.69, 9.17) is 11.6 Å². The molecular formula is C12H14ClN5O2. The van der Waals surface area contributed by atoms with Crippen molar-refractivity contribution in [1.82, 2.24) is 19.7 Å². The first-order valence-electron chi connectivity index (χ1n) is 6.00. The number of halogens is 1. The molecule has 0 aliphatic heterocycles. The van der Waals surface area contributed by atoms with Crippen LogP contribution in [0.1, 0.15) is 17.8 Å². The van der Waals surface area contributed by atoms with Crippen LogP contribution in [0.3, 0.4) is 0 Å². The summed E-state index contributed by atoms with van der Waals surface area (Å²) in [6.07, 6.45) is 0.198. The van der Waals surface area contributed by atoms with Crippen molar-refractivity contribution in [3.05, 3.63) is 33.9 Å². The van der Waals surface area contributed by atoms with Gasteiger partial charge in [0.05, 0.1) is 5.69 Å². The number of aryl methyl sites for hydroxylation is 2. The van der Waals surface area contributed by atoms with Gasteiger partial charge in [0.15, 0.2) is 0 Å². The Morgan fingerprint density at radius 3 is 2.80 bits per heavy atom. The molecule has 0 aromatic carbocycles. The van der Waals surface area contributed by atoms with Crippen LogP contribution in [0.5, 0.6) is 0 Å². The summed E-state index contributed by atoms with van der Waals surface area (Å²) in [4.78, 5) is 29.9. The van der Waals surface area contributed by atoms with Crippen LogP contribution < -0.4 is 10.9 Å². The van der Waals surface area contributed by atoms with Gasteiger partial charge in [-0.15, -0.1) is 11.6 Å². The topological polar surface area (TPSA) is 92.7 Å². The quantitative estimate of drug-likeness (QED) is 0.827. The molecule has 0 spiro atoms. The highest BCUT2D eigenvalue weighted by Crippen LogP contribution is 2.14. The van der Waals surface area contributed by atoms with Gasteiger partial charge in [0.25, 0.3) is 5.56 Å². The summed E-state index contributed by atoms with van der Waals surface area (Å²) >= 11 is 5.52. The van der Waals surface area contributed by atoms with Crippen molar-refractivity contribution in [3.8, 4) is 5.95 Å². The van der Waals surface area contributed by atoms with Crippen LogP contribution in [-0.4, -0.2) is 31.5 Å². The van der Waals surface area contributed by atoms with E-state index in [1.807, 2.05) is 0 Å². The molecular weight excluding hydrogens is 282 g/mol. The molecule has 0 aliphatic carbocycles. The van der Waals surface area contributed by atoms with Crippen molar-refractivity contribution < 1.29 is 4.79 Å². The lowest BCUT2D eigenvalue weighted by atomic mass is 10.4. The maximum Gasteiger partial charge on any atom is 0.252 e. The molecule has 0 atom stereocenters. The lowest BCUT2D eigenvalue weighted by Crippen LogP contribution is -2.18. The summed E-state index contributed by atoms with van der Waals surface area (Å²) in [5.74, 6) is 0.699. The van der Waals surface area contributed by atoms with Gasteiger partial charge in [0.2, 0.25) is 11.9 Å². The highest BCUT2D eigenvalue weighted by molar-refractivity contribution is 6.19. The minimum atomic E-state index is -0.279. The van der Waals surface area contributed by atoms with E-state index in [0.29, 0.717) is 17.2 Å². The lowest BCUT2D eigenvalue weighted by molar-refractivity contribution is -0.115. The normalized spacial score (nSPS) is 10.6. The van der Waals surface area contributed by atoms with Crippen molar-refractivity contribution in [1.29, 1.82) is 0 Å². The molecule has 0 unspecified atom stereocenters. The fraction of sp³-hybridized carbons (Fsp3) is 0.333. The maximum atomic E-state index is 11.6. The molecule has 2 aromatic rings. The Balaban J connectivity index is 2.41. The minimum absolute atomic E-state index is 0.198. The van der Waals surface area contributed by atoms with Crippen molar-refractivity contribution in [2.24, 2.45) is 0 Å². The monoisotopic (exact) mass is 295 g/mol. The number of nitrogens with zero attached hydrogens (tertiary/aromatic N) is 3. The smallest absolute Gasteiger partial charge is 0.252 e. The molecule has 20 heavy (non-hydrogen) atoms. The summed E-state index contributed by atoms with van der Waals surface area (Å²) in [5.41, 5.74) is 0.976. The van der Waals surface area contributed by atoms with E-state index in [0.717, 1.165) is 0 Å². The Morgan fingerprint density at radius 2 is 2.15 bits per heavy atom. The van der Waals surface area contributed by atoms with Crippen LogP contribution in [0.2, 0.25) is 0 Å². The molecule has 2 rings (SSSR count). The average molecular weight is 296 g/mol. The summed E-state index contributed by atoms with van der Waals surface area (Å²) in [6, 6.07) is 3.07. The van der Waals surface area contributed by atoms with Gasteiger partial charge < -0.3 is 5.32 Å². The van der Waals surface area contributed by atoms with Crippen molar-refractivity contribution in [2.45, 2.75) is 20.3 Å². The van der Waals surface area contributed by atoms with Gasteiger partial charge in [0, 0.05) is 30.1 Å². The second-order valence-electron chi connectivity index (χ2n) is 4.28. The molecule has 0 bridgehead atoms. The standard InChI is InChI=1S/C12H14ClN5O2/c1-7-6-11(20)16-12(14-7)18-9(5-8(2)17-18)15-10(19)3-4-13/h5-6H,3-4H2,1-2H3,(H,15,19)(H,14,16,20). The largest absolute Gasteiger partial charge is 0.310 e. The Bertz CT molecular complexity index is 691. The number of hydrogen-bond donors (Lipinski definition) is 2. The van der Waals surface area contributed by atoms with Crippen molar-refractivity contribution in [2.75, 3.05) is 11.2 Å². The summed E-state index contributed by atoms with van der Waals surface area (Å²) in [7, 11) is 0. The molecule has 0 fully saturated rings. The number of nitrogens with one attached hydrogen (secondary N) is 2. The van der Waals surface area contributed by atoms with Gasteiger partial charge in [-0.25, -0.2) is 4.98 Å². The van der Waals surface area contributed by atoms with Crippen LogP contribution in [0.4, 0.5) is 5.82 Å². The third kappa shape index (κ3) is 3.24. The summed E-state index contributed by atoms with van der Waals surface area (Å²) in [6.45, 7) is 3.49. The number of anilines is 1. The Labute approximate surface area is 120 Å². The van der Waals surface area contributed by atoms with Crippen LogP contribution >= 0.6 is 11.6 Å². The van der Waals surface area contributed by atoms with Gasteiger partial charge in [-0.2, -0.15) is 9.78 Å². The highest BCUT2D eigenvalue weighted by Gasteiger charge is 2.12. The second kappa shape index (κ2) is 5.87. The zero-order valence-corrected chi connectivity index (χ0v) is 11.9. The number of alkyl halides is 1. The van der Waals surface area contributed by atoms with Crippen molar-refractivity contribution in [3.63, 3.8) is 0 Å². The predicted molar refractivity (Wildman–Crippen MR) is 75.4 cm³/mol. The number of H-pyrrole nitrogens is 1. The molecule has 7 nitrogen and oxygen atoms in total. The third-order valence-corrected chi connectivity index (χ3v) is 2.67. The third-order valence-electron chi connectivity index (χ3n) is 2.48. The Kier molecular flexibility index (Phi) is 4.19. The number of carbonyl (C=O) groups excluding carboxylic acids is 1. The lowest BCUT2D eigenvalue weighted by Gasteiger charge is -2.07. The fourth-order valence-corrected chi connectivity index (χ4v) is 1.88. The molecule has 1 amide bonds. The van der Waals surface area contributed by atoms with Gasteiger partial charge >= 0.3 is 0 Å². The summed E-state index contributed by atoms with van der Waals surface area (Å²) in [5, 5.41) is 6.90. The zero-order chi connectivity index (χ0) is 14.7. The molecule has 0 saturated carbocycles. The molecule has 2 N–H and O–H groups in total. The van der Waals surface area contributed by atoms with Crippen molar-refractivity contribution >= 4 is 23.3 Å². The summed E-state index contributed by atoms with van der Waals surface area (Å²) < 4.78 is 1.38. The van der Waals surface area contributed by atoms with Gasteiger partial charge in [0.1, 0.15) is 5.82 Å². The van der Waals surface area contributed by atoms with Crippen LogP contribution in [0.15, 0.2) is 16.9 Å². The van der Waals surface area contributed by atoms with Gasteiger partial charge in [-0.1, -0.05) is 0 Å². The molecule has 2 aromatic heterocycles. The van der Waals surface area contributed by atoms with Crippen LogP contribution in [-0.2, 0) is 4.79 Å². The molecule has 0 aliphatic rings. The SMILES string of the molecule is Cc1cc(=O)[nH]c(-n2nc(C)cc2NC(=O)CCCl)n1. The Hall–Kier alpha value is -2.15. The second-order valence-corrected chi connectivity index (χ2v) is 4.66. The number of aromatic amines is 1. The van der Waals surface area contributed by atoms with Crippen LogP contribution in [0, 0.1) is 13.8 Å². The van der Waals surface area contributed by atoms with E-state index < -0.39 is 0 Å². The number of amides is 1. The van der Waals surface area contributed by atoms with Gasteiger partial charge in [-0.05, 0) is 13.8 Å². The Morgan fingerprint density at radius 1 is 1.40 bits per heavy atom. The molecule has 8 heteroatoms. The number of rotatable bonds is 4. The molecule has 106 valence electrons. The number of carbonyl (C=O) groups is 1. The zero-order valence-electron chi connectivity index (χ0n) is 11.1. The first kappa shape index (κ1) is 14.3. The predicted octanol–water partition coefficient (Wildman–Crippen LogP) is 1.14. The first-order chi connectivity index (χ1) is 9.49. The average Bonchev–Trinajstić information content (AvgIpc) is 2.69. The first-order valence-corrected chi connectivity index (χ1v) is 6.54. The van der Waals surface area contributed by atoms with E-state index >= 15 is 0 Å². The molecule has 0 radical (unpaired) electrons. The van der Waals surface area contributed by atoms with E-state index in [9.17, 15) is 9.59 Å². The van der Waals surface area contributed by atoms with E-state index in [2.05, 4.69) is 20.4 Å². The van der Waals surface area contributed by atoms with Crippen LogP contribution in [0.25, 0.3) is 5.95 Å². The maximum absolute atomic E-state index is 11.6. The minimum Gasteiger partial charge on any atom is -0.310 e. The highest BCUT2D eigenvalue weighted by atomic mass is 35.5. The van der Waals surface area contributed by atoms with Gasteiger partial charge in [-0.3, -0.25) is 14.6 Å². The number of hydrogen-bond acceptors (Lipinski definition) is 4. The number of aromatic nitrogens is 4. The van der Waals surface area contributed by atoms with E-state index in [-0.39, 0.29) is 29.7 Å².